The molecule has 0 radical (unpaired) electrons. The molecule has 0 bridgehead atoms. The molecule has 26 heteroatoms. The van der Waals surface area contributed by atoms with Crippen LogP contribution in [-0.2, 0) is 67.5 Å². The molecule has 2 aromatic rings. The average Bonchev–Trinajstić information content (AvgIpc) is 3.40. The van der Waals surface area contributed by atoms with E-state index >= 15 is 0 Å². The number of carbonyl (C=O) groups is 3. The molecule has 0 spiro atoms. The maximum absolute atomic E-state index is 13.9. The molecule has 0 saturated carbocycles. The molecule has 1 fully saturated rings. The number of ether oxygens (including phenoxy) is 4. The molecule has 7 atom stereocenters. The second-order valence-corrected chi connectivity index (χ2v) is 22.5. The van der Waals surface area contributed by atoms with Crippen molar-refractivity contribution in [1.82, 2.24) is 5.32 Å². The number of benzene rings is 2. The molecule has 438 valence electrons. The zero-order chi connectivity index (χ0) is 56.4. The van der Waals surface area contributed by atoms with E-state index in [1.807, 2.05) is 0 Å². The second kappa shape index (κ2) is 45.4. The van der Waals surface area contributed by atoms with Crippen LogP contribution in [0.5, 0.6) is 0 Å². The molecule has 20 nitrogen and oxygen atoms in total. The van der Waals surface area contributed by atoms with Crippen LogP contribution < -0.4 is 94.0 Å². The van der Waals surface area contributed by atoms with Gasteiger partial charge in [-0.2, -0.15) is 0 Å². The molecule has 1 N–H and O–H groups in total. The van der Waals surface area contributed by atoms with Gasteiger partial charge in [-0.3, -0.25) is 17.3 Å². The number of rotatable bonds is 43. The topological polar surface area (TPSA) is 299 Å². The van der Waals surface area contributed by atoms with E-state index in [9.17, 15) is 53.3 Å². The molecule has 80 heavy (non-hydrogen) atoms. The van der Waals surface area contributed by atoms with Crippen LogP contribution in [0.2, 0.25) is 0 Å². The fourth-order valence-corrected chi connectivity index (χ4v) is 10.2. The molecular formula is C54H82NNa3O19S3. The summed E-state index contributed by atoms with van der Waals surface area (Å²) in [5.74, 6) is -2.54. The van der Waals surface area contributed by atoms with Crippen LogP contribution in [0, 0.1) is 0 Å². The summed E-state index contributed by atoms with van der Waals surface area (Å²) in [4.78, 5) is 41.2. The Bertz CT molecular complexity index is 2340. The molecule has 0 aromatic heterocycles. The van der Waals surface area contributed by atoms with E-state index in [0.29, 0.717) is 12.8 Å². The van der Waals surface area contributed by atoms with Crippen molar-refractivity contribution < 1.29 is 173 Å². The molecule has 1 aliphatic heterocycles. The van der Waals surface area contributed by atoms with E-state index in [-0.39, 0.29) is 106 Å². The van der Waals surface area contributed by atoms with Crippen LogP contribution in [0.15, 0.2) is 72.8 Å². The van der Waals surface area contributed by atoms with Crippen LogP contribution in [0.1, 0.15) is 202 Å². The Balaban J connectivity index is 0.0000208. The van der Waals surface area contributed by atoms with Gasteiger partial charge in [0.25, 0.3) is 0 Å². The fraction of sp³-hybridized carbons (Fsp3) is 0.685. The van der Waals surface area contributed by atoms with Crippen molar-refractivity contribution in [3.05, 3.63) is 83.9 Å². The summed E-state index contributed by atoms with van der Waals surface area (Å²) < 4.78 is 145. The predicted molar refractivity (Wildman–Crippen MR) is 283 cm³/mol. The Kier molecular flexibility index (Phi) is 44.9. The Hall–Kier alpha value is -0.880. The van der Waals surface area contributed by atoms with Gasteiger partial charge in [0.2, 0.25) is 37.1 Å². The van der Waals surface area contributed by atoms with Crippen molar-refractivity contribution in [3.63, 3.8) is 0 Å². The Morgan fingerprint density at radius 3 is 1.44 bits per heavy atom. The van der Waals surface area contributed by atoms with Gasteiger partial charge in [-0.25, -0.2) is 34.8 Å². The molecule has 0 aliphatic carbocycles. The molecule has 1 heterocycles. The Morgan fingerprint density at radius 1 is 0.562 bits per heavy atom. The minimum absolute atomic E-state index is 0. The summed E-state index contributed by atoms with van der Waals surface area (Å²) in [7, 11) is -17.5. The zero-order valence-corrected chi connectivity index (χ0v) is 56.2. The van der Waals surface area contributed by atoms with Crippen molar-refractivity contribution in [3.8, 4) is 0 Å². The summed E-state index contributed by atoms with van der Waals surface area (Å²) >= 11 is 0. The number of nitrogens with one attached hydrogen (secondary N) is 1. The van der Waals surface area contributed by atoms with Crippen LogP contribution in [0.25, 0.3) is 0 Å². The van der Waals surface area contributed by atoms with Crippen molar-refractivity contribution >= 4 is 49.0 Å². The van der Waals surface area contributed by atoms with Gasteiger partial charge in [0.15, 0.2) is 12.4 Å². The minimum Gasteiger partial charge on any atom is -0.726 e. The van der Waals surface area contributed by atoms with Gasteiger partial charge in [-0.15, -0.1) is 0 Å². The summed E-state index contributed by atoms with van der Waals surface area (Å²) in [6, 6.07) is 13.6. The van der Waals surface area contributed by atoms with E-state index in [2.05, 4.69) is 31.7 Å². The summed E-state index contributed by atoms with van der Waals surface area (Å²) in [5, 5.41) is 2.86. The van der Waals surface area contributed by atoms with Gasteiger partial charge in [0.1, 0.15) is 24.4 Å². The van der Waals surface area contributed by atoms with E-state index in [1.54, 1.807) is 36.4 Å². The first kappa shape index (κ1) is 79.1. The number of amides is 1. The number of hydrogen-bond acceptors (Lipinski definition) is 19. The maximum atomic E-state index is 13.9. The summed E-state index contributed by atoms with van der Waals surface area (Å²) in [5.41, 5.74) is -0.0204. The van der Waals surface area contributed by atoms with Crippen LogP contribution in [0.3, 0.4) is 0 Å². The monoisotopic (exact) mass is 1210 g/mol. The quantitative estimate of drug-likeness (QED) is 0.0237. The van der Waals surface area contributed by atoms with E-state index in [1.165, 1.54) is 120 Å². The van der Waals surface area contributed by atoms with Crippen LogP contribution >= 0.6 is 0 Å². The van der Waals surface area contributed by atoms with Crippen LogP contribution in [-0.4, -0.2) is 113 Å². The van der Waals surface area contributed by atoms with Crippen molar-refractivity contribution in [1.29, 1.82) is 0 Å². The fourth-order valence-electron chi connectivity index (χ4n) is 8.86. The second-order valence-electron chi connectivity index (χ2n) is 19.4. The Morgan fingerprint density at radius 2 is 0.988 bits per heavy atom. The maximum Gasteiger partial charge on any atom is 1.00 e. The van der Waals surface area contributed by atoms with Gasteiger partial charge in [-0.1, -0.05) is 198 Å². The molecule has 2 aromatic carbocycles. The Labute approximate surface area is 543 Å². The average molecular weight is 1210 g/mol. The number of unbranched alkanes of at least 4 members (excludes halogenated alkanes) is 23. The SMILES string of the molecule is CCCCCCCCCCCCCC=CC(OC(=O)c1ccccc1)C(CO[C@H]1O[C@H](COS(=O)(=O)[O-])[C@H](OS(=O)(=O)[O-])[C@H](OS(=O)(=O)[O-])[C@H]1OC(=O)c1ccccc1)NC(=O)CCCCCCCCCCCCCCC.[Na+].[Na+].[Na+]. The van der Waals surface area contributed by atoms with Gasteiger partial charge in [0.05, 0.1) is 30.4 Å². The van der Waals surface area contributed by atoms with Gasteiger partial charge in [-0.05, 0) is 49.6 Å². The van der Waals surface area contributed by atoms with Gasteiger partial charge in [0, 0.05) is 6.42 Å². The normalized spacial score (nSPS) is 18.2. The van der Waals surface area contributed by atoms with Gasteiger partial charge >= 0.3 is 101 Å². The molecule has 1 aliphatic rings. The number of allylic oxidation sites excluding steroid dienone is 1. The first-order valence-electron chi connectivity index (χ1n) is 27.4. The number of hydrogen-bond donors (Lipinski definition) is 1. The van der Waals surface area contributed by atoms with E-state index < -0.39 is 105 Å². The minimum atomic E-state index is -5.96. The smallest absolute Gasteiger partial charge is 0.726 e. The number of carbonyl (C=O) groups excluding carboxylic acids is 3. The van der Waals surface area contributed by atoms with Gasteiger partial charge < -0.3 is 37.9 Å². The molecule has 3 rings (SSSR count). The first-order chi connectivity index (χ1) is 36.8. The number of esters is 2. The van der Waals surface area contributed by atoms with Crippen LogP contribution in [0.4, 0.5) is 0 Å². The predicted octanol–water partition coefficient (Wildman–Crippen LogP) is 0.582. The zero-order valence-electron chi connectivity index (χ0n) is 47.8. The standard InChI is InChI=1S/C54H85NO19S3.3Na/c1-3-5-7-9-11-13-15-17-19-21-23-25-33-39-46(70-52(57)43-35-29-27-30-36-43)45(55-48(56)40-34-26-24-22-20-18-16-14-12-10-8-6-4-2)41-68-54-51(72-53(58)44-37-31-28-32-38-44)50(74-77(65,66)67)49(73-76(62,63)64)47(71-54)42-69-75(59,60)61;;;/h27-33,35-39,45-47,49-51,54H,3-26,34,40-42H2,1-2H3,(H,55,56)(H,59,60,61)(H,62,63,64)(H,65,66,67);;;/q;3*+1/p-3/t45?,46?,47-,49+,50+,51-,54+;;;/m1.../s1. The third-order valence-corrected chi connectivity index (χ3v) is 14.3. The van der Waals surface area contributed by atoms with Crippen molar-refractivity contribution in [2.75, 3.05) is 13.2 Å². The van der Waals surface area contributed by atoms with E-state index in [0.717, 1.165) is 64.2 Å². The molecule has 1 amide bonds. The van der Waals surface area contributed by atoms with Crippen molar-refractivity contribution in [2.24, 2.45) is 0 Å². The molecule has 2 unspecified atom stereocenters. The summed E-state index contributed by atoms with van der Waals surface area (Å²) in [6.45, 7) is 2.16. The first-order valence-corrected chi connectivity index (χ1v) is 31.4. The van der Waals surface area contributed by atoms with E-state index in [4.69, 9.17) is 18.9 Å². The molecule has 1 saturated heterocycles. The third kappa shape index (κ3) is 36.8. The largest absolute Gasteiger partial charge is 1.00 e. The third-order valence-electron chi connectivity index (χ3n) is 12.9. The molecular weight excluding hydrogens is 1130 g/mol. The summed E-state index contributed by atoms with van der Waals surface area (Å²) in [6.07, 6.45) is 16.8. The van der Waals surface area contributed by atoms with Crippen molar-refractivity contribution in [2.45, 2.75) is 224 Å².